The second-order valence-electron chi connectivity index (χ2n) is 13.4. The summed E-state index contributed by atoms with van der Waals surface area (Å²) in [5.74, 6) is 0.908. The van der Waals surface area contributed by atoms with Gasteiger partial charge in [-0.2, -0.15) is 0 Å². The van der Waals surface area contributed by atoms with E-state index in [4.69, 9.17) is 13.2 Å². The van der Waals surface area contributed by atoms with Gasteiger partial charge in [0.25, 0.3) is 0 Å². The average molecular weight is 922 g/mol. The first-order valence-corrected chi connectivity index (χ1v) is 18.8. The van der Waals surface area contributed by atoms with Crippen molar-refractivity contribution in [1.29, 1.82) is 0 Å². The zero-order chi connectivity index (χ0) is 42.3. The number of para-hydroxylation sites is 2. The van der Waals surface area contributed by atoms with Crippen LogP contribution in [-0.4, -0.2) is 14.5 Å². The molecule has 0 aliphatic heterocycles. The molecular weight excluding hydrogens is 879 g/mol. The van der Waals surface area contributed by atoms with E-state index >= 15 is 0 Å². The van der Waals surface area contributed by atoms with E-state index in [1.165, 1.54) is 73.1 Å². The molecule has 0 N–H and O–H groups in total. The van der Waals surface area contributed by atoms with Crippen molar-refractivity contribution in [1.82, 2.24) is 14.5 Å². The number of rotatable bonds is 5. The molecule has 56 heavy (non-hydrogen) atoms. The minimum Gasteiger partial charge on any atom is -0.332 e. The normalized spacial score (nSPS) is 13.0. The number of fused-ring (bicyclic) bond motifs is 4. The van der Waals surface area contributed by atoms with Crippen LogP contribution in [0.1, 0.15) is 24.9 Å². The number of nitrogens with zero attached hydrogens (tertiary/aromatic N) is 3. The zero-order valence-electron chi connectivity index (χ0n) is 36.2. The SMILES string of the molecule is Cc1cc(-c2ccccc2)c(-n2c(-c3[c-]sc4c3ccc3ccccc34)nc3ccccc32)c(-c2ccccc2)c1.[2H]C([2H])([2H])c1c[c-]c(-c2ccc(C([2H])([2H])[2H])cn2)cc1.[Ir]. The number of aryl methyl sites for hydroxylation is 3. The summed E-state index contributed by atoms with van der Waals surface area (Å²) in [5.41, 5.74) is 11.7. The number of hydrogen-bond acceptors (Lipinski definition) is 3. The first-order chi connectivity index (χ1) is 29.4. The maximum Gasteiger partial charge on any atom is 0.0774 e. The molecule has 3 aromatic heterocycles. The van der Waals surface area contributed by atoms with Gasteiger partial charge in [0.05, 0.1) is 22.5 Å². The second-order valence-corrected chi connectivity index (χ2v) is 14.2. The quantitative estimate of drug-likeness (QED) is 0.161. The standard InChI is InChI=1S/C38H25N2S.C13H12N.Ir/c1-25-22-31(26-12-4-2-5-13-26)36(32(23-25)27-14-6-3-7-15-27)40-35-19-11-10-18-34(35)39-38(40)33-24-41-37-29-17-9-8-16-28(29)20-21-30(33)37;1-10-3-6-12(7-4-10)13-8-5-11(2)9-14-13;/h2-23H,1H3;3-6,8-9H,1-2H3;/q2*-1;/i;1D3,2D3;. The number of thiophene rings is 1. The Kier molecular flexibility index (Phi) is 8.66. The predicted octanol–water partition coefficient (Wildman–Crippen LogP) is 13.7. The van der Waals surface area contributed by atoms with Crippen LogP contribution in [-0.2, 0) is 20.1 Å². The largest absolute Gasteiger partial charge is 0.332 e. The van der Waals surface area contributed by atoms with Crippen molar-refractivity contribution in [2.24, 2.45) is 0 Å². The van der Waals surface area contributed by atoms with Crippen LogP contribution in [0, 0.1) is 32.1 Å². The Morgan fingerprint density at radius 1 is 0.643 bits per heavy atom. The number of hydrogen-bond donors (Lipinski definition) is 0. The van der Waals surface area contributed by atoms with Crippen molar-refractivity contribution < 1.29 is 28.3 Å². The molecule has 5 heteroatoms. The van der Waals surface area contributed by atoms with Crippen molar-refractivity contribution in [3.05, 3.63) is 198 Å². The Morgan fingerprint density at radius 2 is 1.32 bits per heavy atom. The third kappa shape index (κ3) is 7.13. The van der Waals surface area contributed by atoms with Crippen molar-refractivity contribution >= 4 is 43.2 Å². The van der Waals surface area contributed by atoms with Crippen molar-refractivity contribution in [3.63, 3.8) is 0 Å². The molecule has 3 heterocycles. The van der Waals surface area contributed by atoms with E-state index in [1.54, 1.807) is 23.5 Å². The number of aromatic nitrogens is 3. The predicted molar refractivity (Wildman–Crippen MR) is 232 cm³/mol. The molecule has 0 fully saturated rings. The summed E-state index contributed by atoms with van der Waals surface area (Å²) in [7, 11) is 0. The van der Waals surface area contributed by atoms with Crippen molar-refractivity contribution in [2.45, 2.75) is 20.6 Å². The number of imidazole rings is 1. The van der Waals surface area contributed by atoms with Crippen LogP contribution in [0.15, 0.2) is 170 Å². The Morgan fingerprint density at radius 3 is 2.00 bits per heavy atom. The van der Waals surface area contributed by atoms with Crippen LogP contribution in [0.25, 0.3) is 82.5 Å². The van der Waals surface area contributed by atoms with Crippen LogP contribution >= 0.6 is 11.3 Å². The summed E-state index contributed by atoms with van der Waals surface area (Å²) in [6.07, 6.45) is 1.30. The monoisotopic (exact) mass is 922 g/mol. The fraction of sp³-hybridized carbons (Fsp3) is 0.0588. The molecule has 10 aromatic rings. The van der Waals surface area contributed by atoms with Gasteiger partial charge in [0.2, 0.25) is 0 Å². The Hall–Kier alpha value is -5.97. The molecule has 0 saturated heterocycles. The van der Waals surface area contributed by atoms with Gasteiger partial charge in [-0.1, -0.05) is 143 Å². The summed E-state index contributed by atoms with van der Waals surface area (Å²) in [6.45, 7) is -2.16. The number of benzene rings is 7. The molecule has 0 spiro atoms. The molecule has 1 radical (unpaired) electrons. The van der Waals surface area contributed by atoms with Gasteiger partial charge in [0.15, 0.2) is 0 Å². The van der Waals surface area contributed by atoms with Gasteiger partial charge < -0.3 is 9.55 Å². The summed E-state index contributed by atoms with van der Waals surface area (Å²) in [6, 6.07) is 57.9. The molecule has 0 saturated carbocycles. The van der Waals surface area contributed by atoms with E-state index < -0.39 is 13.7 Å². The molecule has 7 aromatic carbocycles. The van der Waals surface area contributed by atoms with E-state index in [-0.39, 0.29) is 31.2 Å². The molecular formula is C51H37IrN3S-2. The maximum atomic E-state index is 7.28. The van der Waals surface area contributed by atoms with E-state index in [9.17, 15) is 0 Å². The fourth-order valence-corrected chi connectivity index (χ4v) is 8.11. The van der Waals surface area contributed by atoms with Crippen LogP contribution in [0.4, 0.5) is 0 Å². The van der Waals surface area contributed by atoms with Crippen molar-refractivity contribution in [3.8, 4) is 50.6 Å². The van der Waals surface area contributed by atoms with E-state index in [0.29, 0.717) is 11.3 Å². The van der Waals surface area contributed by atoms with Crippen LogP contribution in [0.2, 0.25) is 0 Å². The fourth-order valence-electron chi connectivity index (χ4n) is 7.13. The summed E-state index contributed by atoms with van der Waals surface area (Å²) in [4.78, 5) is 9.37. The second kappa shape index (κ2) is 16.0. The van der Waals surface area contributed by atoms with Gasteiger partial charge in [-0.25, -0.2) is 0 Å². The summed E-state index contributed by atoms with van der Waals surface area (Å²) in [5, 5.41) is 7.36. The molecule has 273 valence electrons. The number of pyridine rings is 1. The Bertz CT molecular complexity index is 3040. The summed E-state index contributed by atoms with van der Waals surface area (Å²) >= 11 is 1.68. The third-order valence-corrected chi connectivity index (χ3v) is 10.6. The van der Waals surface area contributed by atoms with Gasteiger partial charge in [-0.05, 0) is 71.4 Å². The average Bonchev–Trinajstić information content (AvgIpc) is 3.89. The molecule has 0 amide bonds. The van der Waals surface area contributed by atoms with Gasteiger partial charge >= 0.3 is 0 Å². The van der Waals surface area contributed by atoms with Crippen LogP contribution in [0.3, 0.4) is 0 Å². The van der Waals surface area contributed by atoms with Gasteiger partial charge in [0.1, 0.15) is 0 Å². The molecule has 0 aliphatic carbocycles. The first kappa shape index (κ1) is 30.3. The van der Waals surface area contributed by atoms with E-state index in [2.05, 4.69) is 161 Å². The van der Waals surface area contributed by atoms with Gasteiger partial charge in [0, 0.05) is 45.7 Å². The molecule has 0 unspecified atom stereocenters. The van der Waals surface area contributed by atoms with E-state index in [0.717, 1.165) is 28.1 Å². The molecule has 0 atom stereocenters. The van der Waals surface area contributed by atoms with Gasteiger partial charge in [-0.15, -0.1) is 46.8 Å². The van der Waals surface area contributed by atoms with Crippen LogP contribution in [0.5, 0.6) is 0 Å². The topological polar surface area (TPSA) is 30.7 Å². The first-order valence-electron chi connectivity index (χ1n) is 21.0. The zero-order valence-corrected chi connectivity index (χ0v) is 33.5. The van der Waals surface area contributed by atoms with E-state index in [1.807, 2.05) is 0 Å². The van der Waals surface area contributed by atoms with Crippen molar-refractivity contribution in [2.75, 3.05) is 0 Å². The Labute approximate surface area is 353 Å². The molecule has 0 bridgehead atoms. The van der Waals surface area contributed by atoms with Crippen LogP contribution < -0.4 is 0 Å². The minimum atomic E-state index is -2.18. The molecule has 0 aliphatic rings. The third-order valence-electron chi connectivity index (χ3n) is 9.69. The molecule has 10 rings (SSSR count). The van der Waals surface area contributed by atoms with Gasteiger partial charge in [-0.3, -0.25) is 16.3 Å². The maximum absolute atomic E-state index is 7.28. The smallest absolute Gasteiger partial charge is 0.0774 e. The minimum absolute atomic E-state index is 0. The molecule has 3 nitrogen and oxygen atoms in total. The Balaban J connectivity index is 0.000000214. The summed E-state index contributed by atoms with van der Waals surface area (Å²) < 4.78 is 47.3.